The molecule has 0 N–H and O–H groups in total. The fraction of sp³-hybridized carbons (Fsp3) is 0.444. The van der Waals surface area contributed by atoms with Crippen molar-refractivity contribution in [2.45, 2.75) is 12.5 Å². The molecule has 3 nitrogen and oxygen atoms in total. The zero-order valence-corrected chi connectivity index (χ0v) is 6.99. The Morgan fingerprint density at radius 1 is 1.75 bits per heavy atom. The lowest BCUT2D eigenvalue weighted by Crippen LogP contribution is -1.99. The molecular formula is C9H11NO2. The molecule has 1 aromatic rings. The molecule has 1 aliphatic heterocycles. The highest BCUT2D eigenvalue weighted by atomic mass is 16.6. The SMILES string of the molecule is COc1cccnc1CC1CO1. The smallest absolute Gasteiger partial charge is 0.140 e. The van der Waals surface area contributed by atoms with Crippen molar-refractivity contribution in [3.8, 4) is 5.75 Å². The van der Waals surface area contributed by atoms with Crippen LogP contribution in [0.4, 0.5) is 0 Å². The fourth-order valence-corrected chi connectivity index (χ4v) is 1.16. The maximum absolute atomic E-state index is 5.16. The summed E-state index contributed by atoms with van der Waals surface area (Å²) in [5, 5.41) is 0. The summed E-state index contributed by atoms with van der Waals surface area (Å²) < 4.78 is 10.3. The Hall–Kier alpha value is -1.09. The van der Waals surface area contributed by atoms with Crippen LogP contribution in [-0.4, -0.2) is 24.8 Å². The van der Waals surface area contributed by atoms with Gasteiger partial charge in [0, 0.05) is 12.6 Å². The van der Waals surface area contributed by atoms with Gasteiger partial charge in [-0.1, -0.05) is 0 Å². The number of epoxide rings is 1. The fourth-order valence-electron chi connectivity index (χ4n) is 1.16. The third-order valence-electron chi connectivity index (χ3n) is 1.89. The van der Waals surface area contributed by atoms with Gasteiger partial charge in [0.2, 0.25) is 0 Å². The first-order valence-corrected chi connectivity index (χ1v) is 3.99. The quantitative estimate of drug-likeness (QED) is 0.627. The van der Waals surface area contributed by atoms with E-state index in [9.17, 15) is 0 Å². The largest absolute Gasteiger partial charge is 0.495 e. The lowest BCUT2D eigenvalue weighted by molar-refractivity contribution is 0.387. The van der Waals surface area contributed by atoms with Crippen molar-refractivity contribution >= 4 is 0 Å². The van der Waals surface area contributed by atoms with Crippen molar-refractivity contribution < 1.29 is 9.47 Å². The number of hydrogen-bond acceptors (Lipinski definition) is 3. The average molecular weight is 165 g/mol. The summed E-state index contributed by atoms with van der Waals surface area (Å²) in [5.74, 6) is 0.855. The molecule has 0 bridgehead atoms. The minimum absolute atomic E-state index is 0.369. The second kappa shape index (κ2) is 3.11. The molecule has 1 atom stereocenters. The lowest BCUT2D eigenvalue weighted by Gasteiger charge is -2.04. The van der Waals surface area contributed by atoms with Crippen molar-refractivity contribution in [1.82, 2.24) is 4.98 Å². The number of rotatable bonds is 3. The van der Waals surface area contributed by atoms with Gasteiger partial charge in [0.1, 0.15) is 5.75 Å². The van der Waals surface area contributed by atoms with Gasteiger partial charge in [-0.25, -0.2) is 0 Å². The van der Waals surface area contributed by atoms with Crippen LogP contribution in [0.5, 0.6) is 5.75 Å². The molecule has 0 spiro atoms. The summed E-state index contributed by atoms with van der Waals surface area (Å²) in [6, 6.07) is 3.79. The van der Waals surface area contributed by atoms with Crippen LogP contribution in [-0.2, 0) is 11.2 Å². The van der Waals surface area contributed by atoms with Crippen LogP contribution in [0, 0.1) is 0 Å². The minimum atomic E-state index is 0.369. The molecule has 0 radical (unpaired) electrons. The molecule has 0 aliphatic carbocycles. The van der Waals surface area contributed by atoms with Crippen molar-refractivity contribution in [1.29, 1.82) is 0 Å². The van der Waals surface area contributed by atoms with Gasteiger partial charge in [-0.2, -0.15) is 0 Å². The van der Waals surface area contributed by atoms with Crippen molar-refractivity contribution in [2.24, 2.45) is 0 Å². The summed E-state index contributed by atoms with van der Waals surface area (Å²) in [7, 11) is 1.66. The Kier molecular flexibility index (Phi) is 1.96. The molecule has 1 aliphatic rings. The molecule has 1 saturated heterocycles. The lowest BCUT2D eigenvalue weighted by atomic mass is 10.2. The molecule has 1 fully saturated rings. The predicted molar refractivity (Wildman–Crippen MR) is 44.2 cm³/mol. The van der Waals surface area contributed by atoms with E-state index in [4.69, 9.17) is 9.47 Å². The Labute approximate surface area is 71.3 Å². The van der Waals surface area contributed by atoms with Gasteiger partial charge in [0.05, 0.1) is 25.5 Å². The second-order valence-corrected chi connectivity index (χ2v) is 2.81. The van der Waals surface area contributed by atoms with Gasteiger partial charge in [-0.05, 0) is 12.1 Å². The van der Waals surface area contributed by atoms with Crippen LogP contribution in [0.25, 0.3) is 0 Å². The van der Waals surface area contributed by atoms with E-state index in [0.29, 0.717) is 6.10 Å². The third-order valence-corrected chi connectivity index (χ3v) is 1.89. The molecule has 0 aromatic carbocycles. The summed E-state index contributed by atoms with van der Waals surface area (Å²) in [6.45, 7) is 0.861. The molecule has 2 heterocycles. The topological polar surface area (TPSA) is 34.6 Å². The van der Waals surface area contributed by atoms with Gasteiger partial charge >= 0.3 is 0 Å². The van der Waals surface area contributed by atoms with Gasteiger partial charge in [-0.3, -0.25) is 4.98 Å². The zero-order chi connectivity index (χ0) is 8.39. The number of ether oxygens (including phenoxy) is 2. The third kappa shape index (κ3) is 1.56. The van der Waals surface area contributed by atoms with Crippen LogP contribution >= 0.6 is 0 Å². The first kappa shape index (κ1) is 7.55. The summed E-state index contributed by atoms with van der Waals surface area (Å²) in [6.07, 6.45) is 3.01. The van der Waals surface area contributed by atoms with E-state index in [0.717, 1.165) is 24.5 Å². The van der Waals surface area contributed by atoms with E-state index in [1.165, 1.54) is 0 Å². The highest BCUT2D eigenvalue weighted by molar-refractivity contribution is 5.27. The standard InChI is InChI=1S/C9H11NO2/c1-11-9-3-2-4-10-8(9)5-7-6-12-7/h2-4,7H,5-6H2,1H3. The van der Waals surface area contributed by atoms with E-state index in [2.05, 4.69) is 4.98 Å². The van der Waals surface area contributed by atoms with Crippen LogP contribution in [0.1, 0.15) is 5.69 Å². The Balaban J connectivity index is 2.15. The number of aromatic nitrogens is 1. The van der Waals surface area contributed by atoms with E-state index in [1.54, 1.807) is 13.3 Å². The second-order valence-electron chi connectivity index (χ2n) is 2.81. The van der Waals surface area contributed by atoms with Crippen LogP contribution in [0.3, 0.4) is 0 Å². The number of pyridine rings is 1. The zero-order valence-electron chi connectivity index (χ0n) is 6.99. The highest BCUT2D eigenvalue weighted by Crippen LogP contribution is 2.21. The first-order chi connectivity index (χ1) is 5.90. The number of nitrogens with zero attached hydrogens (tertiary/aromatic N) is 1. The first-order valence-electron chi connectivity index (χ1n) is 3.99. The van der Waals surface area contributed by atoms with E-state index in [-0.39, 0.29) is 0 Å². The predicted octanol–water partition coefficient (Wildman–Crippen LogP) is 1.03. The van der Waals surface area contributed by atoms with Gasteiger partial charge in [0.25, 0.3) is 0 Å². The molecule has 12 heavy (non-hydrogen) atoms. The summed E-state index contributed by atoms with van der Waals surface area (Å²) in [4.78, 5) is 4.22. The number of hydrogen-bond donors (Lipinski definition) is 0. The molecule has 0 saturated carbocycles. The molecular weight excluding hydrogens is 154 g/mol. The molecule has 1 aromatic heterocycles. The monoisotopic (exact) mass is 165 g/mol. The van der Waals surface area contributed by atoms with Crippen LogP contribution in [0.2, 0.25) is 0 Å². The van der Waals surface area contributed by atoms with Crippen LogP contribution in [0.15, 0.2) is 18.3 Å². The molecule has 1 unspecified atom stereocenters. The van der Waals surface area contributed by atoms with Gasteiger partial charge in [0.15, 0.2) is 0 Å². The molecule has 3 heteroatoms. The Morgan fingerprint density at radius 2 is 2.58 bits per heavy atom. The minimum Gasteiger partial charge on any atom is -0.495 e. The van der Waals surface area contributed by atoms with Crippen molar-refractivity contribution in [3.05, 3.63) is 24.0 Å². The van der Waals surface area contributed by atoms with E-state index >= 15 is 0 Å². The Morgan fingerprint density at radius 3 is 3.25 bits per heavy atom. The van der Waals surface area contributed by atoms with Crippen molar-refractivity contribution in [3.63, 3.8) is 0 Å². The molecule has 0 amide bonds. The summed E-state index contributed by atoms with van der Waals surface area (Å²) >= 11 is 0. The van der Waals surface area contributed by atoms with E-state index < -0.39 is 0 Å². The normalized spacial score (nSPS) is 20.6. The average Bonchev–Trinajstić information content (AvgIpc) is 2.89. The number of methoxy groups -OCH3 is 1. The van der Waals surface area contributed by atoms with Gasteiger partial charge < -0.3 is 9.47 Å². The van der Waals surface area contributed by atoms with E-state index in [1.807, 2.05) is 12.1 Å². The van der Waals surface area contributed by atoms with Crippen molar-refractivity contribution in [2.75, 3.05) is 13.7 Å². The molecule has 2 rings (SSSR count). The maximum atomic E-state index is 5.16. The molecule has 64 valence electrons. The Bertz CT molecular complexity index is 271. The van der Waals surface area contributed by atoms with Crippen LogP contribution < -0.4 is 4.74 Å². The summed E-state index contributed by atoms with van der Waals surface area (Å²) in [5.41, 5.74) is 0.988. The maximum Gasteiger partial charge on any atom is 0.140 e. The highest BCUT2D eigenvalue weighted by Gasteiger charge is 2.24. The van der Waals surface area contributed by atoms with Gasteiger partial charge in [-0.15, -0.1) is 0 Å².